The Morgan fingerprint density at radius 3 is 2.64 bits per heavy atom. The number of nitrogens with zero attached hydrogens (tertiary/aromatic N) is 1. The van der Waals surface area contributed by atoms with E-state index in [2.05, 4.69) is 19.0 Å². The summed E-state index contributed by atoms with van der Waals surface area (Å²) < 4.78 is 0. The van der Waals surface area contributed by atoms with E-state index in [0.717, 1.165) is 12.8 Å². The monoisotopic (exact) mass is 156 g/mol. The molecule has 1 aliphatic rings. The summed E-state index contributed by atoms with van der Waals surface area (Å²) in [5.41, 5.74) is 0. The minimum atomic E-state index is 0.129. The van der Waals surface area contributed by atoms with E-state index in [1.807, 2.05) is 0 Å². The Labute approximate surface area is 69.2 Å². The molecule has 11 heavy (non-hydrogen) atoms. The molecule has 0 saturated heterocycles. The van der Waals surface area contributed by atoms with E-state index in [1.54, 1.807) is 0 Å². The molecular formula is C9H18NO. The Kier molecular flexibility index (Phi) is 3.34. The van der Waals surface area contributed by atoms with E-state index < -0.39 is 0 Å². The number of hydrogen-bond acceptors (Lipinski definition) is 1. The third-order valence-electron chi connectivity index (χ3n) is 2.72. The molecule has 1 saturated carbocycles. The maximum atomic E-state index is 10.6. The van der Waals surface area contributed by atoms with Crippen molar-refractivity contribution >= 4 is 0 Å². The molecule has 0 bridgehead atoms. The van der Waals surface area contributed by atoms with Gasteiger partial charge in [-0.3, -0.25) is 0 Å². The zero-order valence-electron chi connectivity index (χ0n) is 7.55. The summed E-state index contributed by atoms with van der Waals surface area (Å²) in [5, 5.41) is 10.6. The molecule has 0 aliphatic heterocycles. The minimum Gasteiger partial charge on any atom is -0.306 e. The van der Waals surface area contributed by atoms with Crippen molar-refractivity contribution in [3.63, 3.8) is 0 Å². The predicted molar refractivity (Wildman–Crippen MR) is 45.0 cm³/mol. The minimum absolute atomic E-state index is 0.129. The van der Waals surface area contributed by atoms with Crippen molar-refractivity contribution in [3.05, 3.63) is 0 Å². The zero-order chi connectivity index (χ0) is 8.27. The summed E-state index contributed by atoms with van der Waals surface area (Å²) in [7, 11) is 4.22. The molecule has 1 aliphatic carbocycles. The quantitative estimate of drug-likeness (QED) is 0.594. The summed E-state index contributed by atoms with van der Waals surface area (Å²) in [6.45, 7) is 0.129. The van der Waals surface area contributed by atoms with Crippen LogP contribution in [0.25, 0.3) is 0 Å². The van der Waals surface area contributed by atoms with Gasteiger partial charge in [-0.25, -0.2) is 5.11 Å². The van der Waals surface area contributed by atoms with Gasteiger partial charge in [-0.05, 0) is 39.3 Å². The fourth-order valence-electron chi connectivity index (χ4n) is 1.88. The molecule has 0 aromatic carbocycles. The van der Waals surface area contributed by atoms with Gasteiger partial charge in [0.2, 0.25) is 0 Å². The first kappa shape index (κ1) is 9.01. The molecule has 2 unspecified atom stereocenters. The van der Waals surface area contributed by atoms with E-state index >= 15 is 0 Å². The van der Waals surface area contributed by atoms with Crippen LogP contribution in [0.3, 0.4) is 0 Å². The van der Waals surface area contributed by atoms with Gasteiger partial charge in [0.1, 0.15) is 0 Å². The molecule has 0 heterocycles. The van der Waals surface area contributed by atoms with Gasteiger partial charge >= 0.3 is 0 Å². The molecule has 1 radical (unpaired) electrons. The first-order valence-electron chi connectivity index (χ1n) is 4.48. The molecule has 65 valence electrons. The molecule has 2 heteroatoms. The number of hydrogen-bond donors (Lipinski definition) is 0. The highest BCUT2D eigenvalue weighted by Crippen LogP contribution is 2.25. The second-order valence-corrected chi connectivity index (χ2v) is 3.82. The highest BCUT2D eigenvalue weighted by molar-refractivity contribution is 4.76. The van der Waals surface area contributed by atoms with Crippen LogP contribution < -0.4 is 0 Å². The van der Waals surface area contributed by atoms with Crippen molar-refractivity contribution in [1.82, 2.24) is 4.90 Å². The maximum Gasteiger partial charge on any atom is 0.0851 e. The molecule has 2 atom stereocenters. The van der Waals surface area contributed by atoms with Crippen LogP contribution in [0.4, 0.5) is 0 Å². The molecule has 0 aromatic heterocycles. The van der Waals surface area contributed by atoms with E-state index in [-0.39, 0.29) is 6.61 Å². The van der Waals surface area contributed by atoms with E-state index in [0.29, 0.717) is 12.0 Å². The third-order valence-corrected chi connectivity index (χ3v) is 2.72. The fourth-order valence-corrected chi connectivity index (χ4v) is 1.88. The van der Waals surface area contributed by atoms with Crippen molar-refractivity contribution in [1.29, 1.82) is 0 Å². The van der Waals surface area contributed by atoms with Crippen molar-refractivity contribution in [2.75, 3.05) is 20.7 Å². The zero-order valence-corrected chi connectivity index (χ0v) is 7.55. The lowest BCUT2D eigenvalue weighted by atomic mass is 9.86. The van der Waals surface area contributed by atoms with Gasteiger partial charge in [0.15, 0.2) is 0 Å². The average molecular weight is 156 g/mol. The Balaban J connectivity index is 2.33. The van der Waals surface area contributed by atoms with Crippen molar-refractivity contribution in [3.8, 4) is 0 Å². The van der Waals surface area contributed by atoms with Gasteiger partial charge in [0.05, 0.1) is 6.61 Å². The van der Waals surface area contributed by atoms with Gasteiger partial charge in [0, 0.05) is 6.04 Å². The lowest BCUT2D eigenvalue weighted by molar-refractivity contribution is 0.0912. The van der Waals surface area contributed by atoms with Crippen LogP contribution in [0.5, 0.6) is 0 Å². The first-order valence-corrected chi connectivity index (χ1v) is 4.48. The van der Waals surface area contributed by atoms with Crippen LogP contribution in [0, 0.1) is 5.92 Å². The van der Waals surface area contributed by atoms with Crippen LogP contribution in [0.15, 0.2) is 0 Å². The van der Waals surface area contributed by atoms with Crippen molar-refractivity contribution < 1.29 is 5.11 Å². The van der Waals surface area contributed by atoms with Crippen LogP contribution in [-0.2, 0) is 5.11 Å². The van der Waals surface area contributed by atoms with Gasteiger partial charge in [-0.1, -0.05) is 6.42 Å². The lowest BCUT2D eigenvalue weighted by Crippen LogP contribution is -2.33. The Hall–Kier alpha value is -0.0800. The van der Waals surface area contributed by atoms with Gasteiger partial charge in [0.25, 0.3) is 0 Å². The fraction of sp³-hybridized carbons (Fsp3) is 1.00. The van der Waals surface area contributed by atoms with E-state index in [9.17, 15) is 5.11 Å². The molecular weight excluding hydrogens is 138 g/mol. The molecule has 2 nitrogen and oxygen atoms in total. The topological polar surface area (TPSA) is 23.1 Å². The van der Waals surface area contributed by atoms with Crippen molar-refractivity contribution in [2.24, 2.45) is 5.92 Å². The Morgan fingerprint density at radius 2 is 2.09 bits per heavy atom. The smallest absolute Gasteiger partial charge is 0.0851 e. The van der Waals surface area contributed by atoms with Gasteiger partial charge in [-0.2, -0.15) is 0 Å². The average Bonchev–Trinajstić information content (AvgIpc) is 2.05. The second kappa shape index (κ2) is 4.07. The first-order chi connectivity index (χ1) is 5.24. The van der Waals surface area contributed by atoms with Crippen LogP contribution in [0.1, 0.15) is 25.7 Å². The normalized spacial score (nSPS) is 32.7. The molecule has 1 fully saturated rings. The molecule has 0 N–H and O–H groups in total. The van der Waals surface area contributed by atoms with Crippen molar-refractivity contribution in [2.45, 2.75) is 31.7 Å². The van der Waals surface area contributed by atoms with Gasteiger partial charge < -0.3 is 4.90 Å². The highest BCUT2D eigenvalue weighted by Gasteiger charge is 2.22. The van der Waals surface area contributed by atoms with Crippen LogP contribution >= 0.6 is 0 Å². The van der Waals surface area contributed by atoms with E-state index in [4.69, 9.17) is 0 Å². The summed E-state index contributed by atoms with van der Waals surface area (Å²) in [4.78, 5) is 2.25. The molecule has 1 rings (SSSR count). The summed E-state index contributed by atoms with van der Waals surface area (Å²) in [5.74, 6) is 0.455. The number of rotatable bonds is 2. The Morgan fingerprint density at radius 1 is 1.36 bits per heavy atom. The maximum absolute atomic E-state index is 10.6. The standard InChI is InChI=1S/C9H18NO/c1-10(2)9-5-3-4-8(6-9)7-11/h8-9H,3-7H2,1-2H3. The largest absolute Gasteiger partial charge is 0.306 e. The summed E-state index contributed by atoms with van der Waals surface area (Å²) >= 11 is 0. The van der Waals surface area contributed by atoms with Gasteiger partial charge in [-0.15, -0.1) is 0 Å². The predicted octanol–water partition coefficient (Wildman–Crippen LogP) is 1.54. The second-order valence-electron chi connectivity index (χ2n) is 3.82. The van der Waals surface area contributed by atoms with Crippen LogP contribution in [0.2, 0.25) is 0 Å². The SMILES string of the molecule is CN(C)C1CCCC(C[O])C1. The Bertz CT molecular complexity index is 114. The molecule has 0 aromatic rings. The highest BCUT2D eigenvalue weighted by atomic mass is 16.3. The lowest BCUT2D eigenvalue weighted by Gasteiger charge is -2.32. The molecule has 0 spiro atoms. The molecule has 0 amide bonds. The summed E-state index contributed by atoms with van der Waals surface area (Å²) in [6, 6.07) is 0.669. The van der Waals surface area contributed by atoms with Crippen LogP contribution in [-0.4, -0.2) is 31.6 Å². The summed E-state index contributed by atoms with van der Waals surface area (Å²) in [6.07, 6.45) is 4.81. The van der Waals surface area contributed by atoms with E-state index in [1.165, 1.54) is 12.8 Å². The third kappa shape index (κ3) is 2.46.